The number of rotatable bonds is 8. The minimum absolute atomic E-state index is 0.0237. The Bertz CT molecular complexity index is 943. The monoisotopic (exact) mass is 410 g/mol. The van der Waals surface area contributed by atoms with E-state index in [-0.39, 0.29) is 24.6 Å². The summed E-state index contributed by atoms with van der Waals surface area (Å²) in [6.07, 6.45) is 0.558. The summed E-state index contributed by atoms with van der Waals surface area (Å²) in [7, 11) is 0. The van der Waals surface area contributed by atoms with Crippen LogP contribution in [0.1, 0.15) is 43.9 Å². The van der Waals surface area contributed by atoms with Gasteiger partial charge in [0, 0.05) is 31.0 Å². The minimum atomic E-state index is -0.542. The lowest BCUT2D eigenvalue weighted by Gasteiger charge is -2.25. The molecule has 1 atom stereocenters. The molecule has 0 unspecified atom stereocenters. The molecule has 2 aromatic rings. The highest BCUT2D eigenvalue weighted by atomic mass is 16.6. The van der Waals surface area contributed by atoms with Crippen LogP contribution in [0.2, 0.25) is 0 Å². The van der Waals surface area contributed by atoms with Crippen LogP contribution in [0.3, 0.4) is 0 Å². The van der Waals surface area contributed by atoms with Crippen LogP contribution in [-0.4, -0.2) is 45.3 Å². The van der Waals surface area contributed by atoms with Crippen LogP contribution in [0, 0.1) is 10.1 Å². The first-order chi connectivity index (χ1) is 14.3. The highest BCUT2D eigenvalue weighted by Gasteiger charge is 2.36. The zero-order valence-electron chi connectivity index (χ0n) is 17.1. The van der Waals surface area contributed by atoms with E-state index in [4.69, 9.17) is 0 Å². The molecular weight excluding hydrogens is 384 g/mol. The lowest BCUT2D eigenvalue weighted by atomic mass is 9.97. The van der Waals surface area contributed by atoms with Crippen LogP contribution in [0.4, 0.5) is 5.69 Å². The van der Waals surface area contributed by atoms with Gasteiger partial charge in [-0.15, -0.1) is 0 Å². The normalized spacial score (nSPS) is 16.4. The Labute approximate surface area is 175 Å². The molecule has 0 radical (unpaired) electrons. The predicted octanol–water partition coefficient (Wildman–Crippen LogP) is 3.02. The molecule has 158 valence electrons. The SMILES string of the molecule is CC(C)(CO)NCCC(=O)N1N=C(c2ccccc2)C[C@H]1c1ccccc1[N+](=O)[O-]. The van der Waals surface area contributed by atoms with E-state index in [1.807, 2.05) is 44.2 Å². The van der Waals surface area contributed by atoms with Crippen LogP contribution >= 0.6 is 0 Å². The van der Waals surface area contributed by atoms with E-state index < -0.39 is 16.5 Å². The fraction of sp³-hybridized carbons (Fsp3) is 0.364. The van der Waals surface area contributed by atoms with Crippen LogP contribution in [-0.2, 0) is 4.79 Å². The first kappa shape index (κ1) is 21.6. The van der Waals surface area contributed by atoms with Gasteiger partial charge in [0.1, 0.15) is 0 Å². The molecule has 0 spiro atoms. The van der Waals surface area contributed by atoms with Gasteiger partial charge in [0.15, 0.2) is 0 Å². The Balaban J connectivity index is 1.88. The van der Waals surface area contributed by atoms with Crippen molar-refractivity contribution < 1.29 is 14.8 Å². The van der Waals surface area contributed by atoms with Gasteiger partial charge in [-0.25, -0.2) is 5.01 Å². The maximum absolute atomic E-state index is 13.0. The zero-order valence-corrected chi connectivity index (χ0v) is 17.1. The molecule has 1 aliphatic rings. The number of benzene rings is 2. The number of nitrogens with zero attached hydrogens (tertiary/aromatic N) is 3. The van der Waals surface area contributed by atoms with Gasteiger partial charge in [0.25, 0.3) is 5.69 Å². The molecule has 0 aliphatic carbocycles. The summed E-state index contributed by atoms with van der Waals surface area (Å²) in [5.41, 5.74) is 1.55. The van der Waals surface area contributed by atoms with E-state index in [9.17, 15) is 20.0 Å². The number of hydrazone groups is 1. The van der Waals surface area contributed by atoms with Crippen molar-refractivity contribution in [3.8, 4) is 0 Å². The molecule has 30 heavy (non-hydrogen) atoms. The maximum atomic E-state index is 13.0. The second kappa shape index (κ2) is 9.15. The van der Waals surface area contributed by atoms with Crippen LogP contribution < -0.4 is 5.32 Å². The average Bonchev–Trinajstić information content (AvgIpc) is 3.19. The van der Waals surface area contributed by atoms with Gasteiger partial charge in [0.2, 0.25) is 5.91 Å². The molecule has 1 amide bonds. The number of aliphatic hydroxyl groups is 1. The number of nitrogens with one attached hydrogen (secondary N) is 1. The fourth-order valence-electron chi connectivity index (χ4n) is 3.40. The second-order valence-corrected chi connectivity index (χ2v) is 7.91. The number of nitro groups is 1. The third-order valence-electron chi connectivity index (χ3n) is 5.10. The van der Waals surface area contributed by atoms with Crippen molar-refractivity contribution in [2.24, 2.45) is 5.10 Å². The van der Waals surface area contributed by atoms with E-state index in [1.165, 1.54) is 11.1 Å². The number of hydrogen-bond donors (Lipinski definition) is 2. The molecule has 0 saturated carbocycles. The lowest BCUT2D eigenvalue weighted by molar-refractivity contribution is -0.385. The molecule has 2 aromatic carbocycles. The number of aliphatic hydroxyl groups excluding tert-OH is 1. The van der Waals surface area contributed by atoms with Gasteiger partial charge < -0.3 is 10.4 Å². The highest BCUT2D eigenvalue weighted by Crippen LogP contribution is 2.37. The van der Waals surface area contributed by atoms with Crippen LogP contribution in [0.25, 0.3) is 0 Å². The summed E-state index contributed by atoms with van der Waals surface area (Å²) in [5.74, 6) is -0.231. The minimum Gasteiger partial charge on any atom is -0.394 e. The van der Waals surface area contributed by atoms with Gasteiger partial charge in [-0.1, -0.05) is 42.5 Å². The van der Waals surface area contributed by atoms with Crippen molar-refractivity contribution in [3.05, 3.63) is 75.8 Å². The molecular formula is C22H26N4O4. The van der Waals surface area contributed by atoms with Gasteiger partial charge >= 0.3 is 0 Å². The third-order valence-corrected chi connectivity index (χ3v) is 5.10. The molecule has 0 bridgehead atoms. The van der Waals surface area contributed by atoms with Crippen LogP contribution in [0.5, 0.6) is 0 Å². The van der Waals surface area contributed by atoms with Gasteiger partial charge in [-0.3, -0.25) is 14.9 Å². The van der Waals surface area contributed by atoms with Crippen molar-refractivity contribution in [1.29, 1.82) is 0 Å². The molecule has 1 aliphatic heterocycles. The quantitative estimate of drug-likeness (QED) is 0.514. The third kappa shape index (κ3) is 4.90. The Morgan fingerprint density at radius 2 is 1.90 bits per heavy atom. The Hall–Kier alpha value is -3.10. The summed E-state index contributed by atoms with van der Waals surface area (Å²) in [5, 5.41) is 30.0. The molecule has 1 heterocycles. The molecule has 0 fully saturated rings. The van der Waals surface area contributed by atoms with Crippen molar-refractivity contribution in [1.82, 2.24) is 10.3 Å². The molecule has 8 nitrogen and oxygen atoms in total. The zero-order chi connectivity index (χ0) is 21.7. The number of carbonyl (C=O) groups excluding carboxylic acids is 1. The van der Waals surface area contributed by atoms with E-state index in [0.717, 1.165) is 11.3 Å². The summed E-state index contributed by atoms with van der Waals surface area (Å²) >= 11 is 0. The van der Waals surface area contributed by atoms with Crippen molar-refractivity contribution in [3.63, 3.8) is 0 Å². The summed E-state index contributed by atoms with van der Waals surface area (Å²) in [6.45, 7) is 3.99. The number of para-hydroxylation sites is 1. The van der Waals surface area contributed by atoms with Crippen molar-refractivity contribution in [2.75, 3.05) is 13.2 Å². The summed E-state index contributed by atoms with van der Waals surface area (Å²) in [4.78, 5) is 24.1. The Kier molecular flexibility index (Phi) is 6.59. The molecule has 2 N–H and O–H groups in total. The fourth-order valence-corrected chi connectivity index (χ4v) is 3.40. The Morgan fingerprint density at radius 1 is 1.23 bits per heavy atom. The van der Waals surface area contributed by atoms with Crippen molar-refractivity contribution in [2.45, 2.75) is 38.3 Å². The van der Waals surface area contributed by atoms with Gasteiger partial charge in [-0.05, 0) is 25.5 Å². The standard InChI is InChI=1S/C22H26N4O4/c1-22(2,15-27)23-13-12-21(28)25-20(17-10-6-7-11-19(17)26(29)30)14-18(24-25)16-8-4-3-5-9-16/h3-11,20,23,27H,12-15H2,1-2H3/t20-/m0/s1. The number of amides is 1. The number of carbonyl (C=O) groups is 1. The topological polar surface area (TPSA) is 108 Å². The average molecular weight is 410 g/mol. The number of nitro benzene ring substituents is 1. The number of hydrogen-bond acceptors (Lipinski definition) is 6. The molecule has 8 heteroatoms. The first-order valence-corrected chi connectivity index (χ1v) is 9.86. The van der Waals surface area contributed by atoms with Gasteiger partial charge in [0.05, 0.1) is 28.8 Å². The smallest absolute Gasteiger partial charge is 0.274 e. The highest BCUT2D eigenvalue weighted by molar-refractivity contribution is 6.03. The maximum Gasteiger partial charge on any atom is 0.274 e. The Morgan fingerprint density at radius 3 is 2.57 bits per heavy atom. The van der Waals surface area contributed by atoms with E-state index in [0.29, 0.717) is 18.5 Å². The molecule has 0 saturated heterocycles. The lowest BCUT2D eigenvalue weighted by Crippen LogP contribution is -2.44. The summed E-state index contributed by atoms with van der Waals surface area (Å²) in [6, 6.07) is 15.4. The van der Waals surface area contributed by atoms with E-state index in [2.05, 4.69) is 10.4 Å². The predicted molar refractivity (Wildman–Crippen MR) is 114 cm³/mol. The van der Waals surface area contributed by atoms with Crippen molar-refractivity contribution >= 4 is 17.3 Å². The van der Waals surface area contributed by atoms with Gasteiger partial charge in [-0.2, -0.15) is 5.10 Å². The summed E-state index contributed by atoms with van der Waals surface area (Å²) < 4.78 is 0. The van der Waals surface area contributed by atoms with Crippen LogP contribution in [0.15, 0.2) is 59.7 Å². The van der Waals surface area contributed by atoms with E-state index >= 15 is 0 Å². The molecule has 0 aromatic heterocycles. The first-order valence-electron chi connectivity index (χ1n) is 9.86. The second-order valence-electron chi connectivity index (χ2n) is 7.91. The van der Waals surface area contributed by atoms with E-state index in [1.54, 1.807) is 18.2 Å². The molecule has 3 rings (SSSR count). The largest absolute Gasteiger partial charge is 0.394 e.